The molecule has 122 valence electrons. The first kappa shape index (κ1) is 17.8. The molecule has 0 unspecified atom stereocenters. The van der Waals surface area contributed by atoms with Crippen LogP contribution in [0.15, 0.2) is 0 Å². The van der Waals surface area contributed by atoms with Gasteiger partial charge in [0.25, 0.3) is 0 Å². The number of rotatable bonds is 7. The van der Waals surface area contributed by atoms with Gasteiger partial charge >= 0.3 is 12.0 Å². The lowest BCUT2D eigenvalue weighted by Crippen LogP contribution is -2.47. The van der Waals surface area contributed by atoms with E-state index in [0.29, 0.717) is 18.9 Å². The Balaban J connectivity index is 2.47. The Morgan fingerprint density at radius 1 is 1.29 bits per heavy atom. The van der Waals surface area contributed by atoms with Gasteiger partial charge in [-0.3, -0.25) is 4.79 Å². The van der Waals surface area contributed by atoms with E-state index in [1.54, 1.807) is 9.80 Å². The molecular weight excluding hydrogens is 272 g/mol. The lowest BCUT2D eigenvalue weighted by atomic mass is 10.00. The van der Waals surface area contributed by atoms with Gasteiger partial charge in [0, 0.05) is 45.8 Å². The minimum Gasteiger partial charge on any atom is -0.481 e. The number of ether oxygens (including phenoxy) is 1. The summed E-state index contributed by atoms with van der Waals surface area (Å²) in [7, 11) is 1.82. The molecule has 0 radical (unpaired) electrons. The molecule has 0 aliphatic carbocycles. The third-order valence-corrected chi connectivity index (χ3v) is 3.86. The minimum atomic E-state index is -0.818. The van der Waals surface area contributed by atoms with E-state index >= 15 is 0 Å². The lowest BCUT2D eigenvalue weighted by Gasteiger charge is -2.34. The maximum atomic E-state index is 12.5. The Kier molecular flexibility index (Phi) is 7.50. The number of carboxylic acids is 1. The van der Waals surface area contributed by atoms with E-state index in [1.165, 1.54) is 0 Å². The van der Waals surface area contributed by atoms with Crippen LogP contribution in [0.5, 0.6) is 0 Å². The highest BCUT2D eigenvalue weighted by atomic mass is 16.5. The van der Waals surface area contributed by atoms with Crippen molar-refractivity contribution in [2.45, 2.75) is 45.6 Å². The predicted molar refractivity (Wildman–Crippen MR) is 80.3 cm³/mol. The van der Waals surface area contributed by atoms with E-state index in [1.807, 2.05) is 20.9 Å². The summed E-state index contributed by atoms with van der Waals surface area (Å²) in [5.41, 5.74) is 0. The van der Waals surface area contributed by atoms with Gasteiger partial charge in [-0.25, -0.2) is 4.79 Å². The Labute approximate surface area is 127 Å². The minimum absolute atomic E-state index is 0.0121. The number of hydrogen-bond donors (Lipinski definition) is 1. The second kappa shape index (κ2) is 8.87. The van der Waals surface area contributed by atoms with E-state index in [9.17, 15) is 9.59 Å². The second-order valence-electron chi connectivity index (χ2n) is 6.00. The average Bonchev–Trinajstić information content (AvgIpc) is 2.43. The van der Waals surface area contributed by atoms with Crippen molar-refractivity contribution in [2.24, 2.45) is 5.92 Å². The molecule has 0 spiro atoms. The number of hydrogen-bond acceptors (Lipinski definition) is 3. The topological polar surface area (TPSA) is 70.1 Å². The summed E-state index contributed by atoms with van der Waals surface area (Å²) >= 11 is 0. The Morgan fingerprint density at radius 2 is 1.90 bits per heavy atom. The summed E-state index contributed by atoms with van der Waals surface area (Å²) in [6.45, 7) is 6.70. The number of carbonyl (C=O) groups is 2. The summed E-state index contributed by atoms with van der Waals surface area (Å²) in [6, 6.07) is 0.0605. The summed E-state index contributed by atoms with van der Waals surface area (Å²) in [6.07, 6.45) is 2.58. The fourth-order valence-corrected chi connectivity index (χ4v) is 2.59. The first-order valence-electron chi connectivity index (χ1n) is 7.73. The van der Waals surface area contributed by atoms with Crippen LogP contribution >= 0.6 is 0 Å². The van der Waals surface area contributed by atoms with Crippen molar-refractivity contribution in [3.63, 3.8) is 0 Å². The molecule has 0 aromatic rings. The Morgan fingerprint density at radius 3 is 2.43 bits per heavy atom. The number of nitrogens with zero attached hydrogens (tertiary/aromatic N) is 2. The maximum Gasteiger partial charge on any atom is 0.319 e. The molecule has 2 amide bonds. The average molecular weight is 300 g/mol. The van der Waals surface area contributed by atoms with E-state index in [4.69, 9.17) is 9.84 Å². The van der Waals surface area contributed by atoms with Crippen molar-refractivity contribution in [1.82, 2.24) is 9.80 Å². The summed E-state index contributed by atoms with van der Waals surface area (Å²) in [5, 5.41) is 8.70. The number of carboxylic acid groups (broad SMARTS) is 1. The van der Waals surface area contributed by atoms with Crippen LogP contribution in [0.2, 0.25) is 0 Å². The third kappa shape index (κ3) is 6.33. The molecule has 1 aliphatic rings. The molecule has 0 aromatic carbocycles. The molecule has 1 heterocycles. The van der Waals surface area contributed by atoms with Gasteiger partial charge in [0.1, 0.15) is 0 Å². The van der Waals surface area contributed by atoms with Gasteiger partial charge in [0.05, 0.1) is 0 Å². The number of carbonyl (C=O) groups excluding carboxylic acids is 1. The van der Waals surface area contributed by atoms with E-state index < -0.39 is 5.97 Å². The van der Waals surface area contributed by atoms with E-state index in [2.05, 4.69) is 0 Å². The summed E-state index contributed by atoms with van der Waals surface area (Å²) in [4.78, 5) is 26.6. The molecule has 1 aliphatic heterocycles. The molecule has 1 fully saturated rings. The van der Waals surface area contributed by atoms with Gasteiger partial charge in [-0.1, -0.05) is 0 Å². The van der Waals surface area contributed by atoms with Gasteiger partial charge in [-0.05, 0) is 39.0 Å². The molecule has 6 heteroatoms. The maximum absolute atomic E-state index is 12.5. The zero-order chi connectivity index (χ0) is 15.8. The van der Waals surface area contributed by atoms with E-state index in [0.717, 1.165) is 32.6 Å². The van der Waals surface area contributed by atoms with Crippen LogP contribution in [-0.4, -0.2) is 66.3 Å². The van der Waals surface area contributed by atoms with Crippen LogP contribution in [-0.2, 0) is 9.53 Å². The molecule has 0 bridgehead atoms. The predicted octanol–water partition coefficient (Wildman–Crippen LogP) is 2.04. The first-order valence-corrected chi connectivity index (χ1v) is 7.73. The SMILES string of the molecule is CC(C)N(CCCC(=O)O)C(=O)N(C)CC1CCOCC1. The van der Waals surface area contributed by atoms with Crippen LogP contribution in [0.3, 0.4) is 0 Å². The normalized spacial score (nSPS) is 16.0. The molecule has 0 saturated carbocycles. The molecule has 1 rings (SSSR count). The Bertz CT molecular complexity index is 341. The number of urea groups is 1. The standard InChI is InChI=1S/C15H28N2O4/c1-12(2)17(8-4-5-14(18)19)15(20)16(3)11-13-6-9-21-10-7-13/h12-13H,4-11H2,1-3H3,(H,18,19). The van der Waals surface area contributed by atoms with Crippen molar-refractivity contribution in [2.75, 3.05) is 33.4 Å². The molecular formula is C15H28N2O4. The molecule has 0 atom stereocenters. The summed E-state index contributed by atoms with van der Waals surface area (Å²) < 4.78 is 5.33. The van der Waals surface area contributed by atoms with Crippen LogP contribution in [0, 0.1) is 5.92 Å². The highest BCUT2D eigenvalue weighted by Crippen LogP contribution is 2.17. The lowest BCUT2D eigenvalue weighted by molar-refractivity contribution is -0.137. The van der Waals surface area contributed by atoms with Gasteiger partial charge in [-0.2, -0.15) is 0 Å². The zero-order valence-corrected chi connectivity index (χ0v) is 13.4. The second-order valence-corrected chi connectivity index (χ2v) is 6.00. The third-order valence-electron chi connectivity index (χ3n) is 3.86. The van der Waals surface area contributed by atoms with Crippen molar-refractivity contribution in [1.29, 1.82) is 0 Å². The van der Waals surface area contributed by atoms with Crippen molar-refractivity contribution >= 4 is 12.0 Å². The molecule has 1 N–H and O–H groups in total. The molecule has 1 saturated heterocycles. The Hall–Kier alpha value is -1.30. The fourth-order valence-electron chi connectivity index (χ4n) is 2.59. The smallest absolute Gasteiger partial charge is 0.319 e. The highest BCUT2D eigenvalue weighted by Gasteiger charge is 2.24. The van der Waals surface area contributed by atoms with Gasteiger partial charge < -0.3 is 19.6 Å². The van der Waals surface area contributed by atoms with E-state index in [-0.39, 0.29) is 18.5 Å². The van der Waals surface area contributed by atoms with Crippen LogP contribution in [0.4, 0.5) is 4.79 Å². The summed E-state index contributed by atoms with van der Waals surface area (Å²) in [5.74, 6) is -0.317. The largest absolute Gasteiger partial charge is 0.481 e. The van der Waals surface area contributed by atoms with Crippen LogP contribution in [0.1, 0.15) is 39.5 Å². The highest BCUT2D eigenvalue weighted by molar-refractivity contribution is 5.74. The van der Waals surface area contributed by atoms with Crippen molar-refractivity contribution in [3.05, 3.63) is 0 Å². The van der Waals surface area contributed by atoms with Crippen LogP contribution < -0.4 is 0 Å². The monoisotopic (exact) mass is 300 g/mol. The molecule has 0 aromatic heterocycles. The first-order chi connectivity index (χ1) is 9.91. The number of aliphatic carboxylic acids is 1. The van der Waals surface area contributed by atoms with Gasteiger partial charge in [0.15, 0.2) is 0 Å². The zero-order valence-electron chi connectivity index (χ0n) is 13.4. The number of amides is 2. The van der Waals surface area contributed by atoms with Crippen molar-refractivity contribution in [3.8, 4) is 0 Å². The molecule has 6 nitrogen and oxygen atoms in total. The fraction of sp³-hybridized carbons (Fsp3) is 0.867. The molecule has 21 heavy (non-hydrogen) atoms. The van der Waals surface area contributed by atoms with Crippen molar-refractivity contribution < 1.29 is 19.4 Å². The van der Waals surface area contributed by atoms with Gasteiger partial charge in [0.2, 0.25) is 0 Å². The van der Waals surface area contributed by atoms with Gasteiger partial charge in [-0.15, -0.1) is 0 Å². The quantitative estimate of drug-likeness (QED) is 0.781. The van der Waals surface area contributed by atoms with Crippen LogP contribution in [0.25, 0.3) is 0 Å².